The summed E-state index contributed by atoms with van der Waals surface area (Å²) in [5.74, 6) is 0.864. The first-order chi connectivity index (χ1) is 9.86. The van der Waals surface area contributed by atoms with Gasteiger partial charge in [0.05, 0.1) is 0 Å². The zero-order chi connectivity index (χ0) is 13.8. The van der Waals surface area contributed by atoms with Gasteiger partial charge in [-0.25, -0.2) is 0 Å². The summed E-state index contributed by atoms with van der Waals surface area (Å²) in [6.07, 6.45) is 7.14. The predicted molar refractivity (Wildman–Crippen MR) is 84.9 cm³/mol. The molecule has 1 aliphatic carbocycles. The minimum atomic E-state index is 0.651. The lowest BCUT2D eigenvalue weighted by Gasteiger charge is -2.41. The summed E-state index contributed by atoms with van der Waals surface area (Å²) < 4.78 is 0. The molecule has 1 saturated carbocycles. The maximum atomic E-state index is 3.50. The van der Waals surface area contributed by atoms with Gasteiger partial charge in [-0.3, -0.25) is 4.90 Å². The molecule has 1 aromatic rings. The van der Waals surface area contributed by atoms with E-state index in [0.29, 0.717) is 6.04 Å². The fraction of sp³-hybridized carbons (Fsp3) is 0.667. The van der Waals surface area contributed by atoms with Crippen LogP contribution in [-0.2, 0) is 0 Å². The van der Waals surface area contributed by atoms with Crippen LogP contribution in [0, 0.1) is 12.8 Å². The van der Waals surface area contributed by atoms with Gasteiger partial charge in [-0.1, -0.05) is 43.5 Å². The summed E-state index contributed by atoms with van der Waals surface area (Å²) in [6, 6.07) is 9.71. The van der Waals surface area contributed by atoms with Gasteiger partial charge in [-0.05, 0) is 36.8 Å². The van der Waals surface area contributed by atoms with Crippen LogP contribution in [-0.4, -0.2) is 31.1 Å². The van der Waals surface area contributed by atoms with Crippen molar-refractivity contribution in [2.75, 3.05) is 26.2 Å². The maximum absolute atomic E-state index is 3.50. The molecule has 1 aromatic carbocycles. The van der Waals surface area contributed by atoms with Crippen LogP contribution in [0.1, 0.15) is 49.3 Å². The summed E-state index contributed by atoms with van der Waals surface area (Å²) in [7, 11) is 0. The quantitative estimate of drug-likeness (QED) is 0.905. The fourth-order valence-corrected chi connectivity index (χ4v) is 4.08. The molecule has 0 radical (unpaired) electrons. The number of rotatable bonds is 3. The zero-order valence-electron chi connectivity index (χ0n) is 12.8. The highest BCUT2D eigenvalue weighted by molar-refractivity contribution is 5.29. The maximum Gasteiger partial charge on any atom is 0.0379 e. The normalized spacial score (nSPS) is 23.6. The first-order valence-corrected chi connectivity index (χ1v) is 8.36. The summed E-state index contributed by atoms with van der Waals surface area (Å²) in [6.45, 7) is 6.99. The second-order valence-electron chi connectivity index (χ2n) is 6.49. The van der Waals surface area contributed by atoms with E-state index >= 15 is 0 Å². The molecule has 1 heterocycles. The van der Waals surface area contributed by atoms with E-state index in [0.717, 1.165) is 19.0 Å². The van der Waals surface area contributed by atoms with Crippen LogP contribution in [0.5, 0.6) is 0 Å². The third-order valence-corrected chi connectivity index (χ3v) is 5.15. The monoisotopic (exact) mass is 272 g/mol. The number of nitrogens with one attached hydrogen (secondary N) is 1. The van der Waals surface area contributed by atoms with E-state index in [2.05, 4.69) is 41.4 Å². The van der Waals surface area contributed by atoms with Crippen molar-refractivity contribution < 1.29 is 0 Å². The van der Waals surface area contributed by atoms with Crippen molar-refractivity contribution in [2.45, 2.75) is 45.1 Å². The Hall–Kier alpha value is -0.860. The Balaban J connectivity index is 1.87. The van der Waals surface area contributed by atoms with Crippen LogP contribution in [0.15, 0.2) is 24.3 Å². The standard InChI is InChI=1S/C18H28N2/c1-15-7-5-6-10-17(15)18(16-8-3-2-4-9-16)20-13-11-19-12-14-20/h5-7,10,16,18-19H,2-4,8-9,11-14H2,1H3/t18-/m0/s1. The minimum absolute atomic E-state index is 0.651. The van der Waals surface area contributed by atoms with E-state index in [-0.39, 0.29) is 0 Å². The molecule has 3 rings (SSSR count). The van der Waals surface area contributed by atoms with Gasteiger partial charge < -0.3 is 5.32 Å². The van der Waals surface area contributed by atoms with Crippen LogP contribution in [0.3, 0.4) is 0 Å². The third kappa shape index (κ3) is 3.07. The number of piperazine rings is 1. The first-order valence-electron chi connectivity index (χ1n) is 8.36. The molecule has 2 heteroatoms. The van der Waals surface area contributed by atoms with Gasteiger partial charge in [-0.15, -0.1) is 0 Å². The van der Waals surface area contributed by atoms with Gasteiger partial charge in [0.1, 0.15) is 0 Å². The molecule has 110 valence electrons. The van der Waals surface area contributed by atoms with E-state index in [9.17, 15) is 0 Å². The average Bonchev–Trinajstić information content (AvgIpc) is 2.52. The Kier molecular flexibility index (Phi) is 4.74. The molecule has 1 atom stereocenters. The Labute approximate surface area is 123 Å². The van der Waals surface area contributed by atoms with Gasteiger partial charge in [0.25, 0.3) is 0 Å². The zero-order valence-corrected chi connectivity index (χ0v) is 12.8. The van der Waals surface area contributed by atoms with Crippen molar-refractivity contribution in [1.82, 2.24) is 10.2 Å². The van der Waals surface area contributed by atoms with Gasteiger partial charge in [0.2, 0.25) is 0 Å². The van der Waals surface area contributed by atoms with E-state index in [1.54, 1.807) is 5.56 Å². The van der Waals surface area contributed by atoms with E-state index in [1.165, 1.54) is 50.8 Å². The Morgan fingerprint density at radius 1 is 1.05 bits per heavy atom. The van der Waals surface area contributed by atoms with E-state index in [4.69, 9.17) is 0 Å². The molecular formula is C18H28N2. The van der Waals surface area contributed by atoms with Crippen LogP contribution < -0.4 is 5.32 Å². The van der Waals surface area contributed by atoms with Gasteiger partial charge >= 0.3 is 0 Å². The van der Waals surface area contributed by atoms with Crippen LogP contribution in [0.2, 0.25) is 0 Å². The lowest BCUT2D eigenvalue weighted by molar-refractivity contribution is 0.103. The highest BCUT2D eigenvalue weighted by atomic mass is 15.2. The number of nitrogens with zero attached hydrogens (tertiary/aromatic N) is 1. The summed E-state index contributed by atoms with van der Waals surface area (Å²) >= 11 is 0. The third-order valence-electron chi connectivity index (χ3n) is 5.15. The molecule has 1 aliphatic heterocycles. The van der Waals surface area contributed by atoms with Crippen LogP contribution >= 0.6 is 0 Å². The predicted octanol–water partition coefficient (Wildman–Crippen LogP) is 3.52. The van der Waals surface area contributed by atoms with Crippen molar-refractivity contribution in [3.8, 4) is 0 Å². The smallest absolute Gasteiger partial charge is 0.0379 e. The Morgan fingerprint density at radius 2 is 1.75 bits per heavy atom. The molecule has 2 fully saturated rings. The highest BCUT2D eigenvalue weighted by Crippen LogP contribution is 2.39. The molecule has 1 N–H and O–H groups in total. The molecule has 0 aromatic heterocycles. The van der Waals surface area contributed by atoms with Gasteiger partial charge in [0, 0.05) is 32.2 Å². The Morgan fingerprint density at radius 3 is 2.45 bits per heavy atom. The summed E-state index contributed by atoms with van der Waals surface area (Å²) in [5.41, 5.74) is 3.06. The lowest BCUT2D eigenvalue weighted by Crippen LogP contribution is -2.47. The van der Waals surface area contributed by atoms with Crippen LogP contribution in [0.4, 0.5) is 0 Å². The molecule has 2 nitrogen and oxygen atoms in total. The highest BCUT2D eigenvalue weighted by Gasteiger charge is 2.31. The van der Waals surface area contributed by atoms with E-state index in [1.807, 2.05) is 0 Å². The number of hydrogen-bond donors (Lipinski definition) is 1. The summed E-state index contributed by atoms with van der Waals surface area (Å²) in [4.78, 5) is 2.74. The second kappa shape index (κ2) is 6.73. The second-order valence-corrected chi connectivity index (χ2v) is 6.49. The van der Waals surface area contributed by atoms with Crippen molar-refractivity contribution in [3.63, 3.8) is 0 Å². The average molecular weight is 272 g/mol. The molecule has 0 unspecified atom stereocenters. The van der Waals surface area contributed by atoms with Crippen molar-refractivity contribution >= 4 is 0 Å². The van der Waals surface area contributed by atoms with Crippen molar-refractivity contribution in [3.05, 3.63) is 35.4 Å². The first kappa shape index (κ1) is 14.1. The van der Waals surface area contributed by atoms with Crippen LogP contribution in [0.25, 0.3) is 0 Å². The summed E-state index contributed by atoms with van der Waals surface area (Å²) in [5, 5.41) is 3.50. The van der Waals surface area contributed by atoms with Crippen molar-refractivity contribution in [1.29, 1.82) is 0 Å². The fourth-order valence-electron chi connectivity index (χ4n) is 4.08. The van der Waals surface area contributed by atoms with Gasteiger partial charge in [0.15, 0.2) is 0 Å². The molecule has 0 bridgehead atoms. The molecule has 2 aliphatic rings. The molecule has 0 spiro atoms. The van der Waals surface area contributed by atoms with E-state index < -0.39 is 0 Å². The molecule has 1 saturated heterocycles. The number of hydrogen-bond acceptors (Lipinski definition) is 2. The number of benzene rings is 1. The minimum Gasteiger partial charge on any atom is -0.314 e. The SMILES string of the molecule is Cc1ccccc1[C@H](C1CCCCC1)N1CCNCC1. The number of aryl methyl sites for hydroxylation is 1. The lowest BCUT2D eigenvalue weighted by atomic mass is 9.79. The molecular weight excluding hydrogens is 244 g/mol. The topological polar surface area (TPSA) is 15.3 Å². The molecule has 20 heavy (non-hydrogen) atoms. The molecule has 0 amide bonds. The van der Waals surface area contributed by atoms with Gasteiger partial charge in [-0.2, -0.15) is 0 Å². The Bertz CT molecular complexity index is 399. The van der Waals surface area contributed by atoms with Crippen molar-refractivity contribution in [2.24, 2.45) is 5.92 Å². The largest absolute Gasteiger partial charge is 0.314 e.